The Labute approximate surface area is 157 Å². The molecule has 4 rings (SSSR count). The molecule has 0 radical (unpaired) electrons. The Hall–Kier alpha value is -2.85. The minimum atomic E-state index is -0.785. The van der Waals surface area contributed by atoms with Crippen LogP contribution in [0.3, 0.4) is 0 Å². The molecule has 1 atom stereocenters. The van der Waals surface area contributed by atoms with Crippen molar-refractivity contribution in [1.29, 1.82) is 0 Å². The highest BCUT2D eigenvalue weighted by atomic mass is 35.5. The number of nitrogens with two attached hydrogens (primary N) is 1. The Morgan fingerprint density at radius 1 is 1.00 bits per heavy atom. The number of benzene rings is 2. The molecule has 1 unspecified atom stereocenters. The number of ether oxygens (including phenoxy) is 1. The van der Waals surface area contributed by atoms with E-state index in [0.29, 0.717) is 11.0 Å². The molecule has 0 fully saturated rings. The number of aryl methyl sites for hydroxylation is 1. The van der Waals surface area contributed by atoms with Gasteiger partial charge in [-0.1, -0.05) is 48.0 Å². The first-order valence-electron chi connectivity index (χ1n) is 8.29. The van der Waals surface area contributed by atoms with Crippen molar-refractivity contribution >= 4 is 17.4 Å². The van der Waals surface area contributed by atoms with Gasteiger partial charge < -0.3 is 10.5 Å². The van der Waals surface area contributed by atoms with Crippen molar-refractivity contribution < 1.29 is 4.74 Å². The first kappa shape index (κ1) is 16.6. The van der Waals surface area contributed by atoms with E-state index >= 15 is 0 Å². The molecule has 0 bridgehead atoms. The molecule has 26 heavy (non-hydrogen) atoms. The third-order valence-corrected chi connectivity index (χ3v) is 4.90. The summed E-state index contributed by atoms with van der Waals surface area (Å²) in [6.45, 7) is 1.92. The molecule has 130 valence electrons. The molecule has 2 heterocycles. The molecule has 1 aromatic heterocycles. The Morgan fingerprint density at radius 2 is 1.81 bits per heavy atom. The van der Waals surface area contributed by atoms with E-state index in [-0.39, 0.29) is 0 Å². The van der Waals surface area contributed by atoms with Gasteiger partial charge in [0.2, 0.25) is 0 Å². The van der Waals surface area contributed by atoms with Crippen LogP contribution >= 0.6 is 11.6 Å². The van der Waals surface area contributed by atoms with Crippen LogP contribution in [0.1, 0.15) is 27.9 Å². The second-order valence-electron chi connectivity index (χ2n) is 6.30. The van der Waals surface area contributed by atoms with Crippen molar-refractivity contribution in [2.75, 3.05) is 7.11 Å². The number of methoxy groups -OCH3 is 1. The van der Waals surface area contributed by atoms with Crippen molar-refractivity contribution in [3.05, 3.63) is 93.8 Å². The van der Waals surface area contributed by atoms with Crippen LogP contribution in [0.4, 0.5) is 0 Å². The van der Waals surface area contributed by atoms with E-state index in [4.69, 9.17) is 27.1 Å². The van der Waals surface area contributed by atoms with Gasteiger partial charge in [0, 0.05) is 11.3 Å². The maximum Gasteiger partial charge on any atom is 0.139 e. The molecule has 3 aromatic rings. The predicted molar refractivity (Wildman–Crippen MR) is 104 cm³/mol. The van der Waals surface area contributed by atoms with Crippen LogP contribution in [0.5, 0.6) is 5.75 Å². The van der Waals surface area contributed by atoms with Crippen LogP contribution in [-0.4, -0.2) is 17.9 Å². The normalized spacial score (nSPS) is 18.3. The summed E-state index contributed by atoms with van der Waals surface area (Å²) in [5, 5.41) is 0.431. The summed E-state index contributed by atoms with van der Waals surface area (Å²) < 4.78 is 5.44. The molecular weight excluding hydrogens is 346 g/mol. The summed E-state index contributed by atoms with van der Waals surface area (Å²) in [5.41, 5.74) is 10.2. The Morgan fingerprint density at radius 3 is 2.58 bits per heavy atom. The van der Waals surface area contributed by atoms with Crippen molar-refractivity contribution in [3.8, 4) is 5.75 Å². The van der Waals surface area contributed by atoms with Gasteiger partial charge in [0.15, 0.2) is 0 Å². The maximum atomic E-state index is 6.31. The lowest BCUT2D eigenvalue weighted by molar-refractivity contribution is 0.413. The second-order valence-corrected chi connectivity index (χ2v) is 6.69. The minimum absolute atomic E-state index is 0.431. The zero-order chi connectivity index (χ0) is 18.3. The average molecular weight is 364 g/mol. The molecule has 1 aliphatic heterocycles. The molecule has 5 heteroatoms. The maximum absolute atomic E-state index is 6.31. The summed E-state index contributed by atoms with van der Waals surface area (Å²) in [7, 11) is 1.65. The Balaban J connectivity index is 2.09. The lowest BCUT2D eigenvalue weighted by atomic mass is 9.77. The number of pyridine rings is 1. The van der Waals surface area contributed by atoms with E-state index in [2.05, 4.69) is 11.1 Å². The predicted octanol–water partition coefficient (Wildman–Crippen LogP) is 4.06. The number of rotatable bonds is 3. The van der Waals surface area contributed by atoms with Crippen LogP contribution in [0, 0.1) is 6.92 Å². The third kappa shape index (κ3) is 2.45. The molecule has 0 spiro atoms. The summed E-state index contributed by atoms with van der Waals surface area (Å²) >= 11 is 6.28. The number of nitrogens with zero attached hydrogens (tertiary/aromatic N) is 2. The molecule has 2 N–H and O–H groups in total. The summed E-state index contributed by atoms with van der Waals surface area (Å²) in [4.78, 5) is 9.24. The molecule has 0 saturated heterocycles. The van der Waals surface area contributed by atoms with E-state index in [1.807, 2.05) is 61.5 Å². The highest BCUT2D eigenvalue weighted by Crippen LogP contribution is 2.46. The van der Waals surface area contributed by atoms with Crippen LogP contribution in [0.25, 0.3) is 0 Å². The largest absolute Gasteiger partial charge is 0.497 e. The van der Waals surface area contributed by atoms with Gasteiger partial charge in [-0.05, 0) is 47.9 Å². The minimum Gasteiger partial charge on any atom is -0.497 e. The second kappa shape index (κ2) is 6.15. The van der Waals surface area contributed by atoms with Gasteiger partial charge in [0.05, 0.1) is 7.11 Å². The number of hydrogen-bond acceptors (Lipinski definition) is 4. The number of halogens is 1. The molecule has 0 aliphatic carbocycles. The molecular formula is C21H18ClN3O. The van der Waals surface area contributed by atoms with Gasteiger partial charge in [-0.3, -0.25) is 0 Å². The van der Waals surface area contributed by atoms with E-state index in [1.165, 1.54) is 0 Å². The van der Waals surface area contributed by atoms with E-state index < -0.39 is 5.54 Å². The van der Waals surface area contributed by atoms with Crippen molar-refractivity contribution in [3.63, 3.8) is 0 Å². The topological polar surface area (TPSA) is 60.5 Å². The van der Waals surface area contributed by atoms with E-state index in [1.54, 1.807) is 7.11 Å². The Kier molecular flexibility index (Phi) is 3.93. The van der Waals surface area contributed by atoms with Crippen LogP contribution < -0.4 is 10.5 Å². The van der Waals surface area contributed by atoms with Crippen LogP contribution in [0.15, 0.2) is 65.7 Å². The quantitative estimate of drug-likeness (QED) is 0.714. The lowest BCUT2D eigenvalue weighted by Gasteiger charge is -2.29. The number of aromatic nitrogens is 1. The zero-order valence-corrected chi connectivity index (χ0v) is 15.3. The van der Waals surface area contributed by atoms with Crippen molar-refractivity contribution in [2.24, 2.45) is 10.7 Å². The standard InChI is InChI=1S/C21H18ClN3O/c1-13-10-15(12-19(22)24-13)21(14-6-5-7-16(11-14)26-2)18-9-4-3-8-17(18)20(23)25-21/h3-12H,1-2H3,(H2,23,25). The number of aliphatic imine (C=N–C) groups is 1. The summed E-state index contributed by atoms with van der Waals surface area (Å²) in [5.74, 6) is 1.27. The number of amidine groups is 1. The highest BCUT2D eigenvalue weighted by Gasteiger charge is 2.43. The zero-order valence-electron chi connectivity index (χ0n) is 14.5. The molecule has 1 aliphatic rings. The third-order valence-electron chi connectivity index (χ3n) is 4.71. The van der Waals surface area contributed by atoms with Crippen LogP contribution in [-0.2, 0) is 5.54 Å². The van der Waals surface area contributed by atoms with Crippen LogP contribution in [0.2, 0.25) is 5.15 Å². The van der Waals surface area contributed by atoms with Gasteiger partial charge in [0.25, 0.3) is 0 Å². The molecule has 2 aromatic carbocycles. The van der Waals surface area contributed by atoms with E-state index in [9.17, 15) is 0 Å². The fourth-order valence-electron chi connectivity index (χ4n) is 3.61. The number of hydrogen-bond donors (Lipinski definition) is 1. The Bertz CT molecular complexity index is 1010. The molecule has 0 amide bonds. The SMILES string of the molecule is COc1cccc(C2(c3cc(C)nc(Cl)c3)N=C(N)c3ccccc32)c1. The summed E-state index contributed by atoms with van der Waals surface area (Å²) in [6, 6.07) is 19.8. The van der Waals surface area contributed by atoms with Gasteiger partial charge in [-0.2, -0.15) is 0 Å². The monoisotopic (exact) mass is 363 g/mol. The average Bonchev–Trinajstić information content (AvgIpc) is 2.95. The van der Waals surface area contributed by atoms with Crippen molar-refractivity contribution in [2.45, 2.75) is 12.5 Å². The van der Waals surface area contributed by atoms with Gasteiger partial charge >= 0.3 is 0 Å². The van der Waals surface area contributed by atoms with E-state index in [0.717, 1.165) is 33.7 Å². The highest BCUT2D eigenvalue weighted by molar-refractivity contribution is 6.29. The molecule has 0 saturated carbocycles. The van der Waals surface area contributed by atoms with Gasteiger partial charge in [-0.15, -0.1) is 0 Å². The number of fused-ring (bicyclic) bond motifs is 1. The summed E-state index contributed by atoms with van der Waals surface area (Å²) in [6.07, 6.45) is 0. The van der Waals surface area contributed by atoms with Gasteiger partial charge in [-0.25, -0.2) is 9.98 Å². The smallest absolute Gasteiger partial charge is 0.139 e. The first-order valence-corrected chi connectivity index (χ1v) is 8.67. The fourth-order valence-corrected chi connectivity index (χ4v) is 3.87. The fraction of sp³-hybridized carbons (Fsp3) is 0.143. The lowest BCUT2D eigenvalue weighted by Crippen LogP contribution is -2.25. The van der Waals surface area contributed by atoms with Gasteiger partial charge in [0.1, 0.15) is 22.3 Å². The first-order chi connectivity index (χ1) is 12.5. The molecule has 4 nitrogen and oxygen atoms in total. The van der Waals surface area contributed by atoms with Crippen molar-refractivity contribution in [1.82, 2.24) is 4.98 Å².